The number of carbonyl (C=O) groups excluding carboxylic acids is 2. The normalized spacial score (nSPS) is 15.4. The Balaban J connectivity index is 1.46. The van der Waals surface area contributed by atoms with E-state index in [1.807, 2.05) is 31.2 Å². The zero-order chi connectivity index (χ0) is 22.7. The third kappa shape index (κ3) is 4.92. The summed E-state index contributed by atoms with van der Waals surface area (Å²) in [6.45, 7) is 2.19. The van der Waals surface area contributed by atoms with E-state index in [0.29, 0.717) is 10.5 Å². The van der Waals surface area contributed by atoms with Crippen LogP contribution < -0.4 is 4.18 Å². The third-order valence-corrected chi connectivity index (χ3v) is 6.92. The molecule has 3 aromatic rings. The monoisotopic (exact) mass is 465 g/mol. The Labute approximate surface area is 190 Å². The molecular weight excluding hydrogens is 446 g/mol. The lowest BCUT2D eigenvalue weighted by Gasteiger charge is -2.12. The molecule has 3 aromatic carbocycles. The zero-order valence-corrected chi connectivity index (χ0v) is 18.7. The molecule has 1 saturated heterocycles. The van der Waals surface area contributed by atoms with Gasteiger partial charge in [0.05, 0.1) is 11.4 Å². The maximum Gasteiger partial charge on any atom is 0.339 e. The van der Waals surface area contributed by atoms with E-state index in [1.54, 1.807) is 36.4 Å². The Kier molecular flexibility index (Phi) is 6.16. The van der Waals surface area contributed by atoms with Crippen LogP contribution in [0.3, 0.4) is 0 Å². The van der Waals surface area contributed by atoms with E-state index >= 15 is 0 Å². The van der Waals surface area contributed by atoms with Crippen LogP contribution in [0.2, 0.25) is 0 Å². The van der Waals surface area contributed by atoms with Crippen molar-refractivity contribution in [2.24, 2.45) is 0 Å². The maximum atomic E-state index is 12.7. The minimum Gasteiger partial charge on any atom is -0.379 e. The molecule has 1 fully saturated rings. The molecule has 0 aromatic heterocycles. The summed E-state index contributed by atoms with van der Waals surface area (Å²) in [5.74, 6) is -0.203. The Morgan fingerprint density at radius 1 is 0.906 bits per heavy atom. The number of amides is 2. The van der Waals surface area contributed by atoms with E-state index in [9.17, 15) is 18.0 Å². The average molecular weight is 466 g/mol. The minimum atomic E-state index is -3.93. The van der Waals surface area contributed by atoms with Crippen LogP contribution in [-0.2, 0) is 21.5 Å². The largest absolute Gasteiger partial charge is 0.379 e. The standard InChI is InChI=1S/C24H19NO5S2/c1-17-7-9-19(10-8-17)16-25-23(26)22(31-24(25)27)15-18-11-13-20(14-12-18)30-32(28,29)21-5-3-2-4-6-21/h2-15H,16H2,1H3/b22-15-. The molecule has 162 valence electrons. The molecule has 0 aliphatic carbocycles. The van der Waals surface area contributed by atoms with Gasteiger partial charge in [-0.2, -0.15) is 8.42 Å². The number of thioether (sulfide) groups is 1. The van der Waals surface area contributed by atoms with Gasteiger partial charge >= 0.3 is 10.1 Å². The van der Waals surface area contributed by atoms with Crippen molar-refractivity contribution in [3.63, 3.8) is 0 Å². The number of imide groups is 1. The van der Waals surface area contributed by atoms with Crippen molar-refractivity contribution in [1.82, 2.24) is 4.90 Å². The van der Waals surface area contributed by atoms with Crippen LogP contribution in [0.25, 0.3) is 6.08 Å². The molecule has 32 heavy (non-hydrogen) atoms. The number of aryl methyl sites for hydroxylation is 1. The van der Waals surface area contributed by atoms with Gasteiger partial charge in [0, 0.05) is 0 Å². The molecule has 0 unspecified atom stereocenters. The van der Waals surface area contributed by atoms with Gasteiger partial charge in [0.2, 0.25) is 0 Å². The van der Waals surface area contributed by atoms with E-state index in [2.05, 4.69) is 0 Å². The van der Waals surface area contributed by atoms with Crippen LogP contribution in [0.4, 0.5) is 4.79 Å². The fraction of sp³-hybridized carbons (Fsp3) is 0.0833. The van der Waals surface area contributed by atoms with Crippen LogP contribution >= 0.6 is 11.8 Å². The van der Waals surface area contributed by atoms with Crippen LogP contribution in [0.1, 0.15) is 16.7 Å². The molecule has 0 bridgehead atoms. The molecule has 0 saturated carbocycles. The summed E-state index contributed by atoms with van der Waals surface area (Å²) in [5, 5.41) is -0.323. The highest BCUT2D eigenvalue weighted by molar-refractivity contribution is 8.18. The molecule has 0 N–H and O–H groups in total. The first-order chi connectivity index (χ1) is 15.3. The number of rotatable bonds is 6. The van der Waals surface area contributed by atoms with Gasteiger partial charge in [0.15, 0.2) is 0 Å². The van der Waals surface area contributed by atoms with E-state index in [-0.39, 0.29) is 28.3 Å². The molecule has 8 heteroatoms. The highest BCUT2D eigenvalue weighted by Gasteiger charge is 2.34. The summed E-state index contributed by atoms with van der Waals surface area (Å²) in [6.07, 6.45) is 1.61. The number of carbonyl (C=O) groups is 2. The summed E-state index contributed by atoms with van der Waals surface area (Å²) >= 11 is 0.882. The van der Waals surface area contributed by atoms with Gasteiger partial charge in [-0.1, -0.05) is 60.2 Å². The molecule has 0 radical (unpaired) electrons. The van der Waals surface area contributed by atoms with Crippen molar-refractivity contribution in [2.75, 3.05) is 0 Å². The van der Waals surface area contributed by atoms with Gasteiger partial charge in [0.25, 0.3) is 11.1 Å². The lowest BCUT2D eigenvalue weighted by atomic mass is 10.1. The Morgan fingerprint density at radius 2 is 1.56 bits per heavy atom. The van der Waals surface area contributed by atoms with Crippen LogP contribution in [0.5, 0.6) is 5.75 Å². The summed E-state index contributed by atoms with van der Waals surface area (Å²) in [5.41, 5.74) is 2.63. The van der Waals surface area contributed by atoms with Crippen LogP contribution in [-0.4, -0.2) is 24.5 Å². The summed E-state index contributed by atoms with van der Waals surface area (Å²) in [7, 11) is -3.93. The first-order valence-corrected chi connectivity index (χ1v) is 11.9. The molecule has 6 nitrogen and oxygen atoms in total. The van der Waals surface area contributed by atoms with Gasteiger partial charge in [0.1, 0.15) is 10.6 Å². The van der Waals surface area contributed by atoms with Crippen molar-refractivity contribution in [3.05, 3.63) is 100 Å². The van der Waals surface area contributed by atoms with Crippen LogP contribution in [0, 0.1) is 6.92 Å². The second-order valence-electron chi connectivity index (χ2n) is 7.17. The molecular formula is C24H19NO5S2. The Bertz CT molecular complexity index is 1280. The van der Waals surface area contributed by atoms with Crippen molar-refractivity contribution in [3.8, 4) is 5.75 Å². The van der Waals surface area contributed by atoms with Gasteiger partial charge in [-0.15, -0.1) is 0 Å². The highest BCUT2D eigenvalue weighted by Crippen LogP contribution is 2.33. The first-order valence-electron chi connectivity index (χ1n) is 9.72. The van der Waals surface area contributed by atoms with Crippen molar-refractivity contribution >= 4 is 39.1 Å². The van der Waals surface area contributed by atoms with Crippen molar-refractivity contribution in [1.29, 1.82) is 0 Å². The first kappa shape index (κ1) is 21.9. The zero-order valence-electron chi connectivity index (χ0n) is 17.1. The molecule has 1 heterocycles. The summed E-state index contributed by atoms with van der Waals surface area (Å²) < 4.78 is 29.8. The van der Waals surface area contributed by atoms with E-state index in [0.717, 1.165) is 22.9 Å². The molecule has 0 spiro atoms. The maximum absolute atomic E-state index is 12.7. The van der Waals surface area contributed by atoms with Gasteiger partial charge < -0.3 is 4.18 Å². The molecule has 0 atom stereocenters. The fourth-order valence-electron chi connectivity index (χ4n) is 3.05. The topological polar surface area (TPSA) is 80.8 Å². The number of hydrogen-bond acceptors (Lipinski definition) is 6. The second kappa shape index (κ2) is 9.02. The highest BCUT2D eigenvalue weighted by atomic mass is 32.2. The number of nitrogens with zero attached hydrogens (tertiary/aromatic N) is 1. The molecule has 1 aliphatic heterocycles. The summed E-state index contributed by atoms with van der Waals surface area (Å²) in [4.78, 5) is 26.6. The van der Waals surface area contributed by atoms with Crippen molar-refractivity contribution < 1.29 is 22.2 Å². The van der Waals surface area contributed by atoms with Gasteiger partial charge in [-0.3, -0.25) is 14.5 Å². The van der Waals surface area contributed by atoms with Crippen LogP contribution in [0.15, 0.2) is 88.7 Å². The Hall–Kier alpha value is -3.36. The minimum absolute atomic E-state index is 0.0614. The third-order valence-electron chi connectivity index (χ3n) is 4.75. The summed E-state index contributed by atoms with van der Waals surface area (Å²) in [6, 6.07) is 21.8. The lowest BCUT2D eigenvalue weighted by Crippen LogP contribution is -2.27. The van der Waals surface area contributed by atoms with Gasteiger partial charge in [-0.05, 0) is 60.2 Å². The lowest BCUT2D eigenvalue weighted by molar-refractivity contribution is -0.123. The SMILES string of the molecule is Cc1ccc(CN2C(=O)S/C(=C\c3ccc(OS(=O)(=O)c4ccccc4)cc3)C2=O)cc1. The quantitative estimate of drug-likeness (QED) is 0.376. The molecule has 1 aliphatic rings. The Morgan fingerprint density at radius 3 is 2.22 bits per heavy atom. The predicted octanol–water partition coefficient (Wildman–Crippen LogP) is 5.00. The predicted molar refractivity (Wildman–Crippen MR) is 123 cm³/mol. The smallest absolute Gasteiger partial charge is 0.339 e. The van der Waals surface area contributed by atoms with E-state index < -0.39 is 10.1 Å². The average Bonchev–Trinajstić information content (AvgIpc) is 3.04. The number of benzene rings is 3. The van der Waals surface area contributed by atoms with Crippen molar-refractivity contribution in [2.45, 2.75) is 18.4 Å². The molecule has 4 rings (SSSR count). The fourth-order valence-corrected chi connectivity index (χ4v) is 4.83. The van der Waals surface area contributed by atoms with E-state index in [4.69, 9.17) is 4.18 Å². The van der Waals surface area contributed by atoms with E-state index in [1.165, 1.54) is 29.2 Å². The second-order valence-corrected chi connectivity index (χ2v) is 9.71. The number of hydrogen-bond donors (Lipinski definition) is 0. The van der Waals surface area contributed by atoms with Gasteiger partial charge in [-0.25, -0.2) is 0 Å². The molecule has 2 amide bonds.